The first kappa shape index (κ1) is 14.7. The summed E-state index contributed by atoms with van der Waals surface area (Å²) in [4.78, 5) is 20.1. The SMILES string of the molecule is CCC(C(N)=NO)N1CCN(C(=O)c2cscn2)CC1. The van der Waals surface area contributed by atoms with Crippen LogP contribution in [0.2, 0.25) is 0 Å². The molecule has 0 aliphatic carbocycles. The van der Waals surface area contributed by atoms with E-state index in [1.165, 1.54) is 11.3 Å². The molecule has 1 amide bonds. The minimum absolute atomic E-state index is 0.0252. The highest BCUT2D eigenvalue weighted by Crippen LogP contribution is 2.12. The van der Waals surface area contributed by atoms with Crippen LogP contribution in [0.4, 0.5) is 0 Å². The Morgan fingerprint density at radius 2 is 2.25 bits per heavy atom. The Hall–Kier alpha value is -1.67. The number of hydrogen-bond donors (Lipinski definition) is 2. The van der Waals surface area contributed by atoms with Gasteiger partial charge in [0.25, 0.3) is 5.91 Å². The summed E-state index contributed by atoms with van der Waals surface area (Å²) in [6.45, 7) is 4.68. The lowest BCUT2D eigenvalue weighted by molar-refractivity contribution is 0.0603. The zero-order chi connectivity index (χ0) is 14.5. The van der Waals surface area contributed by atoms with E-state index in [1.807, 2.05) is 6.92 Å². The smallest absolute Gasteiger partial charge is 0.273 e. The fraction of sp³-hybridized carbons (Fsp3) is 0.583. The number of carbonyl (C=O) groups is 1. The second kappa shape index (κ2) is 6.67. The molecule has 1 aromatic rings. The standard InChI is InChI=1S/C12H19N5O2S/c1-2-10(11(13)15-19)16-3-5-17(6-4-16)12(18)9-7-20-8-14-9/h7-8,10,19H,2-6H2,1H3,(H2,13,15). The molecule has 1 unspecified atom stereocenters. The van der Waals surface area contributed by atoms with Gasteiger partial charge >= 0.3 is 0 Å². The van der Waals surface area contributed by atoms with Crippen LogP contribution in [0.1, 0.15) is 23.8 Å². The third-order valence-corrected chi connectivity index (χ3v) is 4.12. The molecular weight excluding hydrogens is 278 g/mol. The summed E-state index contributed by atoms with van der Waals surface area (Å²) in [7, 11) is 0. The molecule has 3 N–H and O–H groups in total. The normalized spacial score (nSPS) is 19.1. The van der Waals surface area contributed by atoms with E-state index in [1.54, 1.807) is 15.8 Å². The van der Waals surface area contributed by atoms with Gasteiger partial charge in [-0.15, -0.1) is 11.3 Å². The van der Waals surface area contributed by atoms with Gasteiger partial charge in [-0.2, -0.15) is 0 Å². The molecule has 2 heterocycles. The van der Waals surface area contributed by atoms with E-state index in [4.69, 9.17) is 10.9 Å². The number of nitrogens with two attached hydrogens (primary N) is 1. The Balaban J connectivity index is 1.94. The highest BCUT2D eigenvalue weighted by Gasteiger charge is 2.28. The summed E-state index contributed by atoms with van der Waals surface area (Å²) in [5.74, 6) is 0.203. The lowest BCUT2D eigenvalue weighted by Gasteiger charge is -2.38. The molecule has 0 spiro atoms. The zero-order valence-corrected chi connectivity index (χ0v) is 12.2. The Morgan fingerprint density at radius 3 is 2.75 bits per heavy atom. The van der Waals surface area contributed by atoms with E-state index >= 15 is 0 Å². The first-order valence-corrected chi connectivity index (χ1v) is 7.50. The number of hydrogen-bond acceptors (Lipinski definition) is 6. The number of nitrogens with zero attached hydrogens (tertiary/aromatic N) is 4. The summed E-state index contributed by atoms with van der Waals surface area (Å²) in [5, 5.41) is 13.7. The van der Waals surface area contributed by atoms with Gasteiger partial charge in [0.15, 0.2) is 5.84 Å². The van der Waals surface area contributed by atoms with Crippen molar-refractivity contribution in [2.45, 2.75) is 19.4 Å². The lowest BCUT2D eigenvalue weighted by atomic mass is 10.1. The van der Waals surface area contributed by atoms with Gasteiger partial charge in [-0.25, -0.2) is 4.98 Å². The quantitative estimate of drug-likeness (QED) is 0.363. The maximum atomic E-state index is 12.2. The fourth-order valence-electron chi connectivity index (χ4n) is 2.44. The fourth-order valence-corrected chi connectivity index (χ4v) is 2.96. The maximum Gasteiger partial charge on any atom is 0.273 e. The number of carbonyl (C=O) groups excluding carboxylic acids is 1. The number of amidine groups is 1. The Labute approximate surface area is 121 Å². The van der Waals surface area contributed by atoms with Crippen LogP contribution in [0.15, 0.2) is 16.0 Å². The minimum Gasteiger partial charge on any atom is -0.409 e. The second-order valence-electron chi connectivity index (χ2n) is 4.65. The van der Waals surface area contributed by atoms with Crippen molar-refractivity contribution in [3.63, 3.8) is 0 Å². The predicted molar refractivity (Wildman–Crippen MR) is 77.1 cm³/mol. The molecule has 20 heavy (non-hydrogen) atoms. The maximum absolute atomic E-state index is 12.2. The van der Waals surface area contributed by atoms with Crippen molar-refractivity contribution < 1.29 is 10.0 Å². The first-order chi connectivity index (χ1) is 9.67. The van der Waals surface area contributed by atoms with Gasteiger partial charge in [0.1, 0.15) is 5.69 Å². The molecule has 1 aliphatic rings. The Kier molecular flexibility index (Phi) is 4.91. The molecular formula is C12H19N5O2S. The lowest BCUT2D eigenvalue weighted by Crippen LogP contribution is -2.55. The molecule has 1 atom stereocenters. The minimum atomic E-state index is -0.0727. The number of aromatic nitrogens is 1. The molecule has 1 fully saturated rings. The van der Waals surface area contributed by atoms with Gasteiger partial charge in [-0.3, -0.25) is 9.69 Å². The summed E-state index contributed by atoms with van der Waals surface area (Å²) in [6, 6.07) is -0.0727. The monoisotopic (exact) mass is 297 g/mol. The average molecular weight is 297 g/mol. The van der Waals surface area contributed by atoms with Gasteiger partial charge in [-0.05, 0) is 6.42 Å². The predicted octanol–water partition coefficient (Wildman–Crippen LogP) is 0.426. The number of piperazine rings is 1. The molecule has 8 heteroatoms. The number of thiazole rings is 1. The van der Waals surface area contributed by atoms with Crippen molar-refractivity contribution >= 4 is 23.1 Å². The number of oxime groups is 1. The van der Waals surface area contributed by atoms with Crippen LogP contribution in [-0.2, 0) is 0 Å². The van der Waals surface area contributed by atoms with E-state index in [-0.39, 0.29) is 17.8 Å². The van der Waals surface area contributed by atoms with E-state index in [9.17, 15) is 4.79 Å². The van der Waals surface area contributed by atoms with E-state index in [0.717, 1.165) is 6.42 Å². The third kappa shape index (κ3) is 3.07. The molecule has 0 radical (unpaired) electrons. The number of rotatable bonds is 4. The van der Waals surface area contributed by atoms with Crippen LogP contribution < -0.4 is 5.73 Å². The molecule has 1 aliphatic heterocycles. The summed E-state index contributed by atoms with van der Waals surface area (Å²) >= 11 is 1.42. The van der Waals surface area contributed by atoms with Crippen molar-refractivity contribution in [1.29, 1.82) is 0 Å². The largest absolute Gasteiger partial charge is 0.409 e. The van der Waals surface area contributed by atoms with Crippen molar-refractivity contribution in [2.24, 2.45) is 10.9 Å². The van der Waals surface area contributed by atoms with Crippen LogP contribution in [0.3, 0.4) is 0 Å². The van der Waals surface area contributed by atoms with Crippen LogP contribution in [0, 0.1) is 0 Å². The van der Waals surface area contributed by atoms with E-state index in [2.05, 4.69) is 15.0 Å². The Bertz CT molecular complexity index is 468. The van der Waals surface area contributed by atoms with Crippen molar-refractivity contribution in [1.82, 2.24) is 14.8 Å². The van der Waals surface area contributed by atoms with Gasteiger partial charge in [-0.1, -0.05) is 12.1 Å². The molecule has 1 saturated heterocycles. The molecule has 110 valence electrons. The Morgan fingerprint density at radius 1 is 1.55 bits per heavy atom. The second-order valence-corrected chi connectivity index (χ2v) is 5.37. The summed E-state index contributed by atoms with van der Waals surface area (Å²) in [6.07, 6.45) is 0.774. The van der Waals surface area contributed by atoms with Crippen molar-refractivity contribution in [3.8, 4) is 0 Å². The van der Waals surface area contributed by atoms with Crippen LogP contribution in [0.25, 0.3) is 0 Å². The number of amides is 1. The molecule has 0 bridgehead atoms. The van der Waals surface area contributed by atoms with Crippen molar-refractivity contribution in [3.05, 3.63) is 16.6 Å². The van der Waals surface area contributed by atoms with E-state index < -0.39 is 0 Å². The average Bonchev–Trinajstić information content (AvgIpc) is 3.02. The van der Waals surface area contributed by atoms with Gasteiger partial charge in [0.2, 0.25) is 0 Å². The highest BCUT2D eigenvalue weighted by atomic mass is 32.1. The van der Waals surface area contributed by atoms with Crippen molar-refractivity contribution in [2.75, 3.05) is 26.2 Å². The van der Waals surface area contributed by atoms with Gasteiger partial charge in [0, 0.05) is 31.6 Å². The topological polar surface area (TPSA) is 95.0 Å². The third-order valence-electron chi connectivity index (χ3n) is 3.54. The zero-order valence-electron chi connectivity index (χ0n) is 11.4. The molecule has 0 aromatic carbocycles. The van der Waals surface area contributed by atoms with Gasteiger partial charge < -0.3 is 15.8 Å². The van der Waals surface area contributed by atoms with Crippen LogP contribution in [0.5, 0.6) is 0 Å². The highest BCUT2D eigenvalue weighted by molar-refractivity contribution is 7.07. The molecule has 1 aromatic heterocycles. The molecule has 0 saturated carbocycles. The summed E-state index contributed by atoms with van der Waals surface area (Å²) < 4.78 is 0. The first-order valence-electron chi connectivity index (χ1n) is 6.56. The van der Waals surface area contributed by atoms with Crippen LogP contribution >= 0.6 is 11.3 Å². The van der Waals surface area contributed by atoms with Crippen LogP contribution in [-0.4, -0.2) is 64.0 Å². The van der Waals surface area contributed by atoms with Gasteiger partial charge in [0.05, 0.1) is 11.6 Å². The van der Waals surface area contributed by atoms with E-state index in [0.29, 0.717) is 31.9 Å². The molecule has 2 rings (SSSR count). The summed E-state index contributed by atoms with van der Waals surface area (Å²) in [5.41, 5.74) is 7.87. The molecule has 7 nitrogen and oxygen atoms in total.